The molecule has 0 bridgehead atoms. The number of nitrogens with zero attached hydrogens (tertiary/aromatic N) is 1. The highest BCUT2D eigenvalue weighted by Gasteiger charge is 2.32. The minimum Gasteiger partial charge on any atom is -0.493 e. The zero-order valence-corrected chi connectivity index (χ0v) is 18.0. The molecule has 1 N–H and O–H groups in total. The number of fused-ring (bicyclic) bond motifs is 1. The average Bonchev–Trinajstić information content (AvgIpc) is 3.29. The summed E-state index contributed by atoms with van der Waals surface area (Å²) < 4.78 is 38.8. The van der Waals surface area contributed by atoms with Crippen molar-refractivity contribution in [2.45, 2.75) is 12.5 Å². The number of rotatable bonds is 6. The molecule has 1 aliphatic rings. The van der Waals surface area contributed by atoms with E-state index in [4.69, 9.17) is 9.47 Å². The molecule has 0 spiro atoms. The first kappa shape index (κ1) is 21.3. The first-order chi connectivity index (χ1) is 15.0. The van der Waals surface area contributed by atoms with E-state index in [0.717, 1.165) is 28.1 Å². The third kappa shape index (κ3) is 4.26. The van der Waals surface area contributed by atoms with E-state index in [1.165, 1.54) is 6.07 Å². The second-order valence-corrected chi connectivity index (χ2v) is 8.17. The lowest BCUT2D eigenvalue weighted by molar-refractivity contribution is -0.117. The first-order valence-electron chi connectivity index (χ1n) is 9.78. The van der Waals surface area contributed by atoms with Gasteiger partial charge in [0.15, 0.2) is 11.5 Å². The van der Waals surface area contributed by atoms with Crippen LogP contribution in [-0.4, -0.2) is 38.1 Å². The van der Waals surface area contributed by atoms with Crippen LogP contribution in [0.15, 0.2) is 47.8 Å². The molecule has 0 saturated carbocycles. The molecule has 0 aliphatic carbocycles. The number of carbonyl (C=O) groups is 1. The fraction of sp³-hybridized carbons (Fsp3) is 0.261. The number of ether oxygens (including phenoxy) is 2. The van der Waals surface area contributed by atoms with Gasteiger partial charge in [-0.15, -0.1) is 11.3 Å². The van der Waals surface area contributed by atoms with Crippen molar-refractivity contribution in [3.63, 3.8) is 0 Å². The molecule has 2 heterocycles. The van der Waals surface area contributed by atoms with Gasteiger partial charge in [0.1, 0.15) is 17.3 Å². The van der Waals surface area contributed by atoms with Gasteiger partial charge < -0.3 is 14.8 Å². The van der Waals surface area contributed by atoms with Gasteiger partial charge in [0.05, 0.1) is 26.8 Å². The first-order valence-corrected chi connectivity index (χ1v) is 10.7. The minimum absolute atomic E-state index is 0.00980. The molecule has 3 aromatic rings. The zero-order chi connectivity index (χ0) is 22.0. The van der Waals surface area contributed by atoms with Gasteiger partial charge in [-0.3, -0.25) is 9.69 Å². The molecule has 1 atom stereocenters. The van der Waals surface area contributed by atoms with E-state index in [0.29, 0.717) is 24.5 Å². The molecular weight excluding hydrogens is 422 g/mol. The van der Waals surface area contributed by atoms with Crippen LogP contribution in [0.5, 0.6) is 11.5 Å². The Morgan fingerprint density at radius 3 is 2.48 bits per heavy atom. The van der Waals surface area contributed by atoms with Crippen LogP contribution in [-0.2, 0) is 11.2 Å². The topological polar surface area (TPSA) is 50.8 Å². The molecule has 162 valence electrons. The van der Waals surface area contributed by atoms with Crippen LogP contribution in [0.4, 0.5) is 14.5 Å². The smallest absolute Gasteiger partial charge is 0.238 e. The van der Waals surface area contributed by atoms with Crippen molar-refractivity contribution in [2.75, 3.05) is 32.6 Å². The van der Waals surface area contributed by atoms with Crippen LogP contribution in [0.2, 0.25) is 0 Å². The molecule has 5 nitrogen and oxygen atoms in total. The Bertz CT molecular complexity index is 1070. The lowest BCUT2D eigenvalue weighted by Gasteiger charge is -2.37. The van der Waals surface area contributed by atoms with E-state index >= 15 is 0 Å². The van der Waals surface area contributed by atoms with Crippen LogP contribution in [0.25, 0.3) is 0 Å². The summed E-state index contributed by atoms with van der Waals surface area (Å²) in [6.07, 6.45) is 0.707. The van der Waals surface area contributed by atoms with E-state index < -0.39 is 23.2 Å². The van der Waals surface area contributed by atoms with Crippen LogP contribution in [0.1, 0.15) is 22.0 Å². The normalized spacial score (nSPS) is 15.9. The Labute approximate surface area is 183 Å². The maximum Gasteiger partial charge on any atom is 0.238 e. The Morgan fingerprint density at radius 2 is 1.84 bits per heavy atom. The van der Waals surface area contributed by atoms with E-state index in [1.54, 1.807) is 25.6 Å². The van der Waals surface area contributed by atoms with Crippen LogP contribution in [0, 0.1) is 11.6 Å². The van der Waals surface area contributed by atoms with E-state index in [1.807, 2.05) is 34.5 Å². The van der Waals surface area contributed by atoms with Gasteiger partial charge in [0, 0.05) is 11.4 Å². The number of amides is 1. The summed E-state index contributed by atoms with van der Waals surface area (Å²) in [6, 6.07) is 11.2. The third-order valence-electron chi connectivity index (χ3n) is 5.36. The number of para-hydroxylation sites is 1. The Morgan fingerprint density at radius 1 is 1.13 bits per heavy atom. The van der Waals surface area contributed by atoms with E-state index in [2.05, 4.69) is 5.32 Å². The van der Waals surface area contributed by atoms with E-state index in [-0.39, 0.29) is 12.6 Å². The fourth-order valence-corrected chi connectivity index (χ4v) is 4.81. The van der Waals surface area contributed by atoms with Crippen molar-refractivity contribution in [3.8, 4) is 11.5 Å². The SMILES string of the molecule is COc1cc2c(cc1OC)[C@@H](c1cccs1)N(CC(=O)Nc1c(F)cccc1F)CC2. The van der Waals surface area contributed by atoms with Crippen molar-refractivity contribution in [3.05, 3.63) is 75.5 Å². The molecule has 31 heavy (non-hydrogen) atoms. The highest BCUT2D eigenvalue weighted by atomic mass is 32.1. The molecule has 0 saturated heterocycles. The minimum atomic E-state index is -0.802. The van der Waals surface area contributed by atoms with Crippen LogP contribution in [0.3, 0.4) is 0 Å². The Hall–Kier alpha value is -2.97. The van der Waals surface area contributed by atoms with Gasteiger partial charge >= 0.3 is 0 Å². The summed E-state index contributed by atoms with van der Waals surface area (Å²) in [6.45, 7) is 0.600. The molecule has 0 fully saturated rings. The molecule has 0 unspecified atom stereocenters. The number of hydrogen-bond acceptors (Lipinski definition) is 5. The molecule has 1 aromatic heterocycles. The second-order valence-electron chi connectivity index (χ2n) is 7.19. The number of halogens is 2. The van der Waals surface area contributed by atoms with Crippen LogP contribution < -0.4 is 14.8 Å². The molecular formula is C23H22F2N2O3S. The van der Waals surface area contributed by atoms with Crippen molar-refractivity contribution in [2.24, 2.45) is 0 Å². The van der Waals surface area contributed by atoms with Crippen molar-refractivity contribution >= 4 is 22.9 Å². The van der Waals surface area contributed by atoms with Gasteiger partial charge in [-0.2, -0.15) is 0 Å². The average molecular weight is 445 g/mol. The van der Waals surface area contributed by atoms with Crippen molar-refractivity contribution in [1.29, 1.82) is 0 Å². The predicted octanol–water partition coefficient (Wildman–Crippen LogP) is 4.63. The van der Waals surface area contributed by atoms with Gasteiger partial charge in [-0.1, -0.05) is 12.1 Å². The zero-order valence-electron chi connectivity index (χ0n) is 17.2. The summed E-state index contributed by atoms with van der Waals surface area (Å²) >= 11 is 1.59. The maximum absolute atomic E-state index is 13.9. The summed E-state index contributed by atoms with van der Waals surface area (Å²) in [4.78, 5) is 15.8. The molecule has 8 heteroatoms. The maximum atomic E-state index is 13.9. The largest absolute Gasteiger partial charge is 0.493 e. The highest BCUT2D eigenvalue weighted by molar-refractivity contribution is 7.10. The molecule has 0 radical (unpaired) electrons. The number of anilines is 1. The Kier molecular flexibility index (Phi) is 6.20. The molecule has 2 aromatic carbocycles. The van der Waals surface area contributed by atoms with Gasteiger partial charge in [-0.25, -0.2) is 8.78 Å². The quantitative estimate of drug-likeness (QED) is 0.602. The number of benzene rings is 2. The number of hydrogen-bond donors (Lipinski definition) is 1. The number of nitrogens with one attached hydrogen (secondary N) is 1. The highest BCUT2D eigenvalue weighted by Crippen LogP contribution is 2.42. The summed E-state index contributed by atoms with van der Waals surface area (Å²) in [7, 11) is 3.18. The monoisotopic (exact) mass is 444 g/mol. The second kappa shape index (κ2) is 9.03. The lowest BCUT2D eigenvalue weighted by Crippen LogP contribution is -2.41. The number of carbonyl (C=O) groups excluding carboxylic acids is 1. The number of thiophene rings is 1. The van der Waals surface area contributed by atoms with Gasteiger partial charge in [0.2, 0.25) is 5.91 Å². The van der Waals surface area contributed by atoms with Crippen molar-refractivity contribution in [1.82, 2.24) is 4.90 Å². The summed E-state index contributed by atoms with van der Waals surface area (Å²) in [5, 5.41) is 4.37. The van der Waals surface area contributed by atoms with Gasteiger partial charge in [-0.05, 0) is 53.3 Å². The number of methoxy groups -OCH3 is 2. The standard InChI is InChI=1S/C23H22F2N2O3S/c1-29-18-11-14-8-9-27(13-21(28)26-22-16(24)5-3-6-17(22)25)23(20-7-4-10-31-20)15(14)12-19(18)30-2/h3-7,10-12,23H,8-9,13H2,1-2H3,(H,26,28)/t23-/m0/s1. The predicted molar refractivity (Wildman–Crippen MR) is 116 cm³/mol. The van der Waals surface area contributed by atoms with Crippen molar-refractivity contribution < 1.29 is 23.0 Å². The van der Waals surface area contributed by atoms with E-state index in [9.17, 15) is 13.6 Å². The van der Waals surface area contributed by atoms with Gasteiger partial charge in [0.25, 0.3) is 0 Å². The molecule has 4 rings (SSSR count). The van der Waals surface area contributed by atoms with Crippen LogP contribution >= 0.6 is 11.3 Å². The molecule has 1 aliphatic heterocycles. The lowest BCUT2D eigenvalue weighted by atomic mass is 9.91. The summed E-state index contributed by atoms with van der Waals surface area (Å²) in [5.74, 6) is -0.808. The fourth-order valence-electron chi connectivity index (χ4n) is 3.93. The Balaban J connectivity index is 1.64. The molecule has 1 amide bonds. The summed E-state index contributed by atoms with van der Waals surface area (Å²) in [5.41, 5.74) is 1.72. The third-order valence-corrected chi connectivity index (χ3v) is 6.28.